The van der Waals surface area contributed by atoms with E-state index in [1.54, 1.807) is 0 Å². The summed E-state index contributed by atoms with van der Waals surface area (Å²) in [7, 11) is -0.201. The van der Waals surface area contributed by atoms with E-state index in [0.717, 1.165) is 18.8 Å². The fraction of sp³-hybridized carbons (Fsp3) is 0.941. The molecule has 0 aromatic carbocycles. The monoisotopic (exact) mass is 379 g/mol. The Balaban J connectivity index is 0.000000298. The van der Waals surface area contributed by atoms with Crippen molar-refractivity contribution in [2.45, 2.75) is 77.7 Å². The molecule has 3 N–H and O–H groups in total. The van der Waals surface area contributed by atoms with Crippen LogP contribution in [0.2, 0.25) is 0 Å². The summed E-state index contributed by atoms with van der Waals surface area (Å²) in [6.45, 7) is 11.4. The zero-order valence-electron chi connectivity index (χ0n) is 16.0. The zero-order chi connectivity index (χ0) is 20.1. The van der Waals surface area contributed by atoms with Crippen LogP contribution in [0.5, 0.6) is 0 Å². The van der Waals surface area contributed by atoms with E-state index < -0.39 is 12.1 Å². The summed E-state index contributed by atoms with van der Waals surface area (Å²) in [4.78, 5) is 8.90. The average molecular weight is 379 g/mol. The Morgan fingerprint density at radius 2 is 1.85 bits per heavy atom. The number of alkyl halides is 3. The van der Waals surface area contributed by atoms with E-state index in [-0.39, 0.29) is 24.8 Å². The second-order valence-electron chi connectivity index (χ2n) is 8.93. The van der Waals surface area contributed by atoms with E-state index in [9.17, 15) is 13.2 Å². The Hall–Kier alpha value is -0.795. The minimum atomic E-state index is -5.08. The van der Waals surface area contributed by atoms with Gasteiger partial charge in [0.1, 0.15) is 0 Å². The largest absolute Gasteiger partial charge is 0.490 e. The van der Waals surface area contributed by atoms with Crippen molar-refractivity contribution >= 4 is 13.1 Å². The smallest absolute Gasteiger partial charge is 0.475 e. The summed E-state index contributed by atoms with van der Waals surface area (Å²) in [5.74, 6) is -0.739. The van der Waals surface area contributed by atoms with Crippen molar-refractivity contribution in [2.75, 3.05) is 0 Å². The molecule has 2 bridgehead atoms. The summed E-state index contributed by atoms with van der Waals surface area (Å²) < 4.78 is 44.3. The molecule has 3 saturated carbocycles. The molecule has 0 unspecified atom stereocenters. The Morgan fingerprint density at radius 3 is 2.27 bits per heavy atom. The van der Waals surface area contributed by atoms with Gasteiger partial charge < -0.3 is 20.1 Å². The quantitative estimate of drug-likeness (QED) is 0.736. The fourth-order valence-electron chi connectivity index (χ4n) is 4.74. The van der Waals surface area contributed by atoms with Gasteiger partial charge in [0.25, 0.3) is 0 Å². The van der Waals surface area contributed by atoms with Gasteiger partial charge in [0.2, 0.25) is 0 Å². The van der Waals surface area contributed by atoms with Crippen LogP contribution in [0.25, 0.3) is 0 Å². The fourth-order valence-corrected chi connectivity index (χ4v) is 4.74. The van der Waals surface area contributed by atoms with E-state index in [1.165, 1.54) is 6.42 Å². The lowest BCUT2D eigenvalue weighted by molar-refractivity contribution is -0.199. The normalized spacial score (nSPS) is 35.9. The summed E-state index contributed by atoms with van der Waals surface area (Å²) in [6.07, 6.45) is -1.42. The van der Waals surface area contributed by atoms with Crippen molar-refractivity contribution in [1.82, 2.24) is 0 Å². The summed E-state index contributed by atoms with van der Waals surface area (Å²) in [5, 5.41) is 7.12. The molecule has 0 radical (unpaired) electrons. The van der Waals surface area contributed by atoms with Crippen LogP contribution in [0.1, 0.15) is 53.9 Å². The molecule has 4 aliphatic rings. The molecule has 5 nitrogen and oxygen atoms in total. The van der Waals surface area contributed by atoms with E-state index in [4.69, 9.17) is 24.9 Å². The molecule has 1 saturated heterocycles. The lowest BCUT2D eigenvalue weighted by Gasteiger charge is -2.64. The highest BCUT2D eigenvalue weighted by Gasteiger charge is 2.68. The molecule has 5 atom stereocenters. The van der Waals surface area contributed by atoms with Crippen molar-refractivity contribution in [3.8, 4) is 0 Å². The number of carboxylic acids is 1. The van der Waals surface area contributed by atoms with Crippen LogP contribution in [0, 0.1) is 23.2 Å². The molecule has 26 heavy (non-hydrogen) atoms. The maximum atomic E-state index is 10.6. The lowest BCUT2D eigenvalue weighted by Crippen LogP contribution is -2.65. The maximum absolute atomic E-state index is 10.6. The number of aliphatic carboxylic acids is 1. The molecule has 0 spiro atoms. The van der Waals surface area contributed by atoms with Gasteiger partial charge in [-0.05, 0) is 49.4 Å². The van der Waals surface area contributed by atoms with Crippen LogP contribution in [-0.2, 0) is 14.1 Å². The first-order valence-electron chi connectivity index (χ1n) is 9.08. The highest BCUT2D eigenvalue weighted by atomic mass is 19.4. The first-order valence-corrected chi connectivity index (χ1v) is 9.08. The Morgan fingerprint density at radius 1 is 1.31 bits per heavy atom. The van der Waals surface area contributed by atoms with E-state index >= 15 is 0 Å². The minimum absolute atomic E-state index is 0.00253. The summed E-state index contributed by atoms with van der Waals surface area (Å²) in [6, 6.07) is 0. The number of halogens is 3. The molecule has 0 aromatic heterocycles. The van der Waals surface area contributed by atoms with Crippen LogP contribution in [-0.4, -0.2) is 42.0 Å². The lowest BCUT2D eigenvalue weighted by atomic mass is 9.43. The maximum Gasteiger partial charge on any atom is 0.490 e. The van der Waals surface area contributed by atoms with Gasteiger partial charge in [-0.1, -0.05) is 27.7 Å². The van der Waals surface area contributed by atoms with Crippen molar-refractivity contribution in [2.24, 2.45) is 28.9 Å². The van der Waals surface area contributed by atoms with Gasteiger partial charge in [-0.15, -0.1) is 0 Å². The molecule has 4 rings (SSSR count). The number of carboxylic acid groups (broad SMARTS) is 1. The molecule has 150 valence electrons. The molecular weight excluding hydrogens is 350 g/mol. The molecule has 4 fully saturated rings. The van der Waals surface area contributed by atoms with Crippen LogP contribution in [0.3, 0.4) is 0 Å². The SMILES string of the molecule is CC(C)C[C@H](N)B1O[C@@H]2C[C@H]3C[C@H](C3(C)C)[C@]2(C)O1.O=C(O)C(F)(F)F. The molecule has 3 aliphatic carbocycles. The van der Waals surface area contributed by atoms with E-state index in [1.807, 2.05) is 0 Å². The van der Waals surface area contributed by atoms with Gasteiger partial charge in [-0.2, -0.15) is 13.2 Å². The van der Waals surface area contributed by atoms with Crippen LogP contribution in [0.15, 0.2) is 0 Å². The summed E-state index contributed by atoms with van der Waals surface area (Å²) in [5.41, 5.74) is 6.56. The topological polar surface area (TPSA) is 81.8 Å². The van der Waals surface area contributed by atoms with Crippen molar-refractivity contribution in [3.63, 3.8) is 0 Å². The Bertz CT molecular complexity index is 543. The van der Waals surface area contributed by atoms with Crippen LogP contribution >= 0.6 is 0 Å². The highest BCUT2D eigenvalue weighted by Crippen LogP contribution is 2.65. The zero-order valence-corrected chi connectivity index (χ0v) is 16.0. The number of hydrogen-bond acceptors (Lipinski definition) is 4. The predicted molar refractivity (Wildman–Crippen MR) is 91.2 cm³/mol. The number of rotatable bonds is 3. The molecule has 0 amide bonds. The third-order valence-corrected chi connectivity index (χ3v) is 6.30. The van der Waals surface area contributed by atoms with Gasteiger partial charge in [-0.3, -0.25) is 0 Å². The predicted octanol–water partition coefficient (Wildman–Crippen LogP) is 3.26. The second-order valence-corrected chi connectivity index (χ2v) is 8.93. The third kappa shape index (κ3) is 3.89. The van der Waals surface area contributed by atoms with Crippen molar-refractivity contribution in [3.05, 3.63) is 0 Å². The molecule has 1 aliphatic heterocycles. The molecule has 9 heteroatoms. The van der Waals surface area contributed by atoms with Gasteiger partial charge in [0.05, 0.1) is 11.7 Å². The molecular formula is C17H29BF3NO4. The van der Waals surface area contributed by atoms with Gasteiger partial charge >= 0.3 is 19.3 Å². The summed E-state index contributed by atoms with van der Waals surface area (Å²) >= 11 is 0. The Kier molecular flexibility index (Phi) is 5.77. The van der Waals surface area contributed by atoms with Gasteiger partial charge in [0, 0.05) is 5.94 Å². The van der Waals surface area contributed by atoms with Crippen molar-refractivity contribution < 1.29 is 32.4 Å². The second kappa shape index (κ2) is 6.98. The van der Waals surface area contributed by atoms with E-state index in [0.29, 0.717) is 17.3 Å². The van der Waals surface area contributed by atoms with E-state index in [2.05, 4.69) is 34.6 Å². The van der Waals surface area contributed by atoms with Crippen LogP contribution in [0.4, 0.5) is 13.2 Å². The first-order chi connectivity index (χ1) is 11.7. The highest BCUT2D eigenvalue weighted by molar-refractivity contribution is 6.47. The number of nitrogens with two attached hydrogens (primary N) is 1. The molecule has 0 aromatic rings. The third-order valence-electron chi connectivity index (χ3n) is 6.30. The van der Waals surface area contributed by atoms with Gasteiger partial charge in [-0.25, -0.2) is 4.79 Å². The first kappa shape index (κ1) is 21.5. The average Bonchev–Trinajstić information content (AvgIpc) is 2.83. The Labute approximate surface area is 152 Å². The number of carbonyl (C=O) groups is 1. The minimum Gasteiger partial charge on any atom is -0.475 e. The number of hydrogen-bond donors (Lipinski definition) is 2. The van der Waals surface area contributed by atoms with Crippen LogP contribution < -0.4 is 5.73 Å². The van der Waals surface area contributed by atoms with Crippen molar-refractivity contribution in [1.29, 1.82) is 0 Å². The standard InChI is InChI=1S/C15H28BNO2.C2HF3O2/c1-9(2)6-13(17)16-18-12-8-10-7-11(14(10,3)4)15(12,5)19-16;3-2(4,5)1(6)7/h9-13H,6-8,17H2,1-5H3;(H,6,7)/t10-,11-,12-,13+,15+;/m1./s1. The molecule has 1 heterocycles. The van der Waals surface area contributed by atoms with Gasteiger partial charge in [0.15, 0.2) is 0 Å².